The number of rotatable bonds is 5. The van der Waals surface area contributed by atoms with Crippen LogP contribution in [-0.2, 0) is 4.74 Å². The number of hydrogen-bond acceptors (Lipinski definition) is 3. The Hall–Kier alpha value is -0.120. The molecule has 0 heterocycles. The first-order valence-electron chi connectivity index (χ1n) is 3.59. The van der Waals surface area contributed by atoms with Crippen LogP contribution in [0.1, 0.15) is 13.3 Å². The number of aliphatic hydroxyl groups excluding tert-OH is 1. The highest BCUT2D eigenvalue weighted by Gasteiger charge is 2.10. The molecule has 0 rings (SSSR count). The minimum Gasteiger partial charge on any atom is -0.393 e. The molecule has 0 aromatic heterocycles. The molecule has 3 nitrogen and oxygen atoms in total. The molecule has 10 heavy (non-hydrogen) atoms. The van der Waals surface area contributed by atoms with Gasteiger partial charge in [-0.2, -0.15) is 0 Å². The summed E-state index contributed by atoms with van der Waals surface area (Å²) in [7, 11) is 1.62. The van der Waals surface area contributed by atoms with Crippen molar-refractivity contribution in [1.29, 1.82) is 0 Å². The highest BCUT2D eigenvalue weighted by atomic mass is 16.5. The van der Waals surface area contributed by atoms with Gasteiger partial charge < -0.3 is 15.6 Å². The Morgan fingerprint density at radius 3 is 2.60 bits per heavy atom. The van der Waals surface area contributed by atoms with Gasteiger partial charge >= 0.3 is 0 Å². The predicted octanol–water partition coefficient (Wildman–Crippen LogP) is -0.0214. The van der Waals surface area contributed by atoms with E-state index in [1.54, 1.807) is 7.11 Å². The first kappa shape index (κ1) is 9.88. The summed E-state index contributed by atoms with van der Waals surface area (Å²) in [4.78, 5) is 0. The largest absolute Gasteiger partial charge is 0.393 e. The Morgan fingerprint density at radius 2 is 2.20 bits per heavy atom. The fraction of sp³-hybridized carbons (Fsp3) is 1.00. The monoisotopic (exact) mass is 147 g/mol. The molecule has 0 saturated heterocycles. The summed E-state index contributed by atoms with van der Waals surface area (Å²) in [5.41, 5.74) is 5.34. The molecule has 0 fully saturated rings. The quantitative estimate of drug-likeness (QED) is 0.574. The number of nitrogens with two attached hydrogens (primary N) is 1. The lowest BCUT2D eigenvalue weighted by Crippen LogP contribution is -2.26. The Morgan fingerprint density at radius 1 is 1.60 bits per heavy atom. The van der Waals surface area contributed by atoms with Crippen LogP contribution in [0.4, 0.5) is 0 Å². The van der Waals surface area contributed by atoms with E-state index >= 15 is 0 Å². The minimum absolute atomic E-state index is 0.176. The van der Waals surface area contributed by atoms with Gasteiger partial charge in [-0.15, -0.1) is 0 Å². The van der Waals surface area contributed by atoms with E-state index in [2.05, 4.69) is 0 Å². The summed E-state index contributed by atoms with van der Waals surface area (Å²) in [5.74, 6) is 0.176. The Labute approximate surface area is 62.2 Å². The summed E-state index contributed by atoms with van der Waals surface area (Å²) in [6, 6.07) is 0. The van der Waals surface area contributed by atoms with E-state index in [0.717, 1.165) is 0 Å². The van der Waals surface area contributed by atoms with E-state index < -0.39 is 0 Å². The molecule has 0 spiro atoms. The zero-order valence-electron chi connectivity index (χ0n) is 6.71. The van der Waals surface area contributed by atoms with E-state index in [1.165, 1.54) is 0 Å². The molecule has 2 unspecified atom stereocenters. The van der Waals surface area contributed by atoms with Gasteiger partial charge in [0, 0.05) is 13.7 Å². The molecule has 0 aliphatic rings. The van der Waals surface area contributed by atoms with Crippen LogP contribution in [0.5, 0.6) is 0 Å². The Kier molecular flexibility index (Phi) is 5.58. The Balaban J connectivity index is 3.31. The van der Waals surface area contributed by atoms with Crippen molar-refractivity contribution in [2.24, 2.45) is 11.7 Å². The normalized spacial score (nSPS) is 16.8. The number of methoxy groups -OCH3 is 1. The highest BCUT2D eigenvalue weighted by Crippen LogP contribution is 2.04. The zero-order valence-corrected chi connectivity index (χ0v) is 6.71. The van der Waals surface area contributed by atoms with E-state index in [9.17, 15) is 5.11 Å². The summed E-state index contributed by atoms with van der Waals surface area (Å²) in [6.07, 6.45) is 0.361. The van der Waals surface area contributed by atoms with Crippen LogP contribution in [0.2, 0.25) is 0 Å². The fourth-order valence-corrected chi connectivity index (χ4v) is 0.680. The van der Waals surface area contributed by atoms with Gasteiger partial charge in [-0.05, 0) is 18.9 Å². The maximum Gasteiger partial charge on any atom is 0.0599 e. The molecule has 0 aromatic rings. The van der Waals surface area contributed by atoms with Crippen molar-refractivity contribution in [3.63, 3.8) is 0 Å². The SMILES string of the molecule is COCCC(O)C(C)CN. The lowest BCUT2D eigenvalue weighted by Gasteiger charge is -2.15. The van der Waals surface area contributed by atoms with Gasteiger partial charge in [0.15, 0.2) is 0 Å². The molecule has 0 aromatic carbocycles. The van der Waals surface area contributed by atoms with Crippen molar-refractivity contribution < 1.29 is 9.84 Å². The highest BCUT2D eigenvalue weighted by molar-refractivity contribution is 4.63. The van der Waals surface area contributed by atoms with E-state index in [1.807, 2.05) is 6.92 Å². The molecular formula is C7H17NO2. The van der Waals surface area contributed by atoms with Crippen molar-refractivity contribution in [2.75, 3.05) is 20.3 Å². The second-order valence-corrected chi connectivity index (χ2v) is 2.56. The number of hydrogen-bond donors (Lipinski definition) is 2. The first-order chi connectivity index (χ1) is 4.72. The molecule has 3 N–H and O–H groups in total. The lowest BCUT2D eigenvalue weighted by molar-refractivity contribution is 0.0752. The first-order valence-corrected chi connectivity index (χ1v) is 3.59. The van der Waals surface area contributed by atoms with E-state index in [-0.39, 0.29) is 12.0 Å². The summed E-state index contributed by atoms with van der Waals surface area (Å²) in [6.45, 7) is 3.07. The van der Waals surface area contributed by atoms with Gasteiger partial charge in [0.2, 0.25) is 0 Å². The third-order valence-corrected chi connectivity index (χ3v) is 1.65. The van der Waals surface area contributed by atoms with Gasteiger partial charge in [-0.25, -0.2) is 0 Å². The average Bonchev–Trinajstić information content (AvgIpc) is 1.98. The van der Waals surface area contributed by atoms with Crippen LogP contribution in [0.3, 0.4) is 0 Å². The number of ether oxygens (including phenoxy) is 1. The lowest BCUT2D eigenvalue weighted by atomic mass is 10.0. The molecule has 0 amide bonds. The molecule has 0 aliphatic carbocycles. The number of aliphatic hydroxyl groups is 1. The molecule has 0 aliphatic heterocycles. The topological polar surface area (TPSA) is 55.5 Å². The standard InChI is InChI=1S/C7H17NO2/c1-6(5-8)7(9)3-4-10-2/h6-7,9H,3-5,8H2,1-2H3. The van der Waals surface area contributed by atoms with Crippen LogP contribution in [0, 0.1) is 5.92 Å². The molecule has 62 valence electrons. The van der Waals surface area contributed by atoms with Crippen molar-refractivity contribution in [1.82, 2.24) is 0 Å². The molecule has 0 saturated carbocycles. The summed E-state index contributed by atoms with van der Waals surface area (Å²) in [5, 5.41) is 9.29. The molecule has 0 radical (unpaired) electrons. The average molecular weight is 147 g/mol. The summed E-state index contributed by atoms with van der Waals surface area (Å²) < 4.78 is 4.81. The van der Waals surface area contributed by atoms with Crippen molar-refractivity contribution >= 4 is 0 Å². The van der Waals surface area contributed by atoms with E-state index in [0.29, 0.717) is 19.6 Å². The molecule has 0 bridgehead atoms. The molecule has 3 heteroatoms. The molecular weight excluding hydrogens is 130 g/mol. The van der Waals surface area contributed by atoms with Crippen LogP contribution in [-0.4, -0.2) is 31.5 Å². The maximum absolute atomic E-state index is 9.29. The van der Waals surface area contributed by atoms with Crippen LogP contribution < -0.4 is 5.73 Å². The minimum atomic E-state index is -0.315. The predicted molar refractivity (Wildman–Crippen MR) is 40.7 cm³/mol. The van der Waals surface area contributed by atoms with Crippen LogP contribution in [0.25, 0.3) is 0 Å². The van der Waals surface area contributed by atoms with Crippen molar-refractivity contribution in [3.05, 3.63) is 0 Å². The van der Waals surface area contributed by atoms with Gasteiger partial charge in [0.25, 0.3) is 0 Å². The third kappa shape index (κ3) is 3.82. The van der Waals surface area contributed by atoms with E-state index in [4.69, 9.17) is 10.5 Å². The van der Waals surface area contributed by atoms with Gasteiger partial charge in [0.1, 0.15) is 0 Å². The molecule has 2 atom stereocenters. The van der Waals surface area contributed by atoms with Crippen molar-refractivity contribution in [3.8, 4) is 0 Å². The second-order valence-electron chi connectivity index (χ2n) is 2.56. The van der Waals surface area contributed by atoms with Gasteiger partial charge in [0.05, 0.1) is 6.10 Å². The fourth-order valence-electron chi connectivity index (χ4n) is 0.680. The Bertz CT molecular complexity index is 78.0. The van der Waals surface area contributed by atoms with Crippen molar-refractivity contribution in [2.45, 2.75) is 19.4 Å². The second kappa shape index (κ2) is 5.65. The zero-order chi connectivity index (χ0) is 7.98. The summed E-state index contributed by atoms with van der Waals surface area (Å²) >= 11 is 0. The van der Waals surface area contributed by atoms with Crippen LogP contribution in [0.15, 0.2) is 0 Å². The maximum atomic E-state index is 9.29. The third-order valence-electron chi connectivity index (χ3n) is 1.65. The van der Waals surface area contributed by atoms with Gasteiger partial charge in [-0.3, -0.25) is 0 Å². The smallest absolute Gasteiger partial charge is 0.0599 e. The van der Waals surface area contributed by atoms with Crippen LogP contribution >= 0.6 is 0 Å². The van der Waals surface area contributed by atoms with Gasteiger partial charge in [-0.1, -0.05) is 6.92 Å².